The molecule has 2 unspecified atom stereocenters. The third kappa shape index (κ3) is 16.7. The van der Waals surface area contributed by atoms with Crippen molar-refractivity contribution in [2.45, 2.75) is 97.6 Å². The lowest BCUT2D eigenvalue weighted by Gasteiger charge is -2.43. The van der Waals surface area contributed by atoms with Crippen molar-refractivity contribution >= 4 is 91.3 Å². The van der Waals surface area contributed by atoms with E-state index in [2.05, 4.69) is 119 Å². The minimum Gasteiger partial charge on any atom is -0.377 e. The number of thioether (sulfide) groups is 3. The highest BCUT2D eigenvalue weighted by molar-refractivity contribution is 9.10. The molecule has 0 radical (unpaired) electrons. The van der Waals surface area contributed by atoms with Gasteiger partial charge >= 0.3 is 0 Å². The minimum atomic E-state index is -1.11. The van der Waals surface area contributed by atoms with E-state index in [1.54, 1.807) is 0 Å². The van der Waals surface area contributed by atoms with Crippen LogP contribution in [0.5, 0.6) is 0 Å². The summed E-state index contributed by atoms with van der Waals surface area (Å²) >= 11 is 8.93. The third-order valence-electron chi connectivity index (χ3n) is 8.12. The molecule has 0 aromatic heterocycles. The Morgan fingerprint density at radius 1 is 0.679 bits per heavy atom. The average molecular weight is 952 g/mol. The summed E-state index contributed by atoms with van der Waals surface area (Å²) in [5, 5.41) is 0. The molecule has 0 bridgehead atoms. The molecule has 2 atom stereocenters. The van der Waals surface area contributed by atoms with Crippen molar-refractivity contribution in [3.8, 4) is 0 Å². The molecule has 3 heterocycles. The fraction of sp³-hybridized carbons (Fsp3) is 0.537. The molecule has 15 heteroatoms. The van der Waals surface area contributed by atoms with Gasteiger partial charge in [-0.15, -0.1) is 47.7 Å². The maximum absolute atomic E-state index is 12.4. The lowest BCUT2D eigenvalue weighted by Crippen LogP contribution is -2.59. The van der Waals surface area contributed by atoms with Crippen LogP contribution >= 0.6 is 63.6 Å². The van der Waals surface area contributed by atoms with E-state index in [1.165, 1.54) is 20.2 Å². The molecule has 0 aliphatic carbocycles. The van der Waals surface area contributed by atoms with Crippen LogP contribution in [0.4, 0.5) is 0 Å². The molecule has 314 valence electrons. The summed E-state index contributed by atoms with van der Waals surface area (Å²) in [6, 6.07) is 25.4. The molecule has 3 aliphatic heterocycles. The first kappa shape index (κ1) is 51.4. The van der Waals surface area contributed by atoms with Gasteiger partial charge in [-0.1, -0.05) is 61.0 Å². The topological polar surface area (TPSA) is 112 Å². The van der Waals surface area contributed by atoms with E-state index in [-0.39, 0.29) is 33.0 Å². The summed E-state index contributed by atoms with van der Waals surface area (Å²) in [4.78, 5) is 3.91. The van der Waals surface area contributed by atoms with Gasteiger partial charge in [0.2, 0.25) is 0 Å². The van der Waals surface area contributed by atoms with Gasteiger partial charge in [0.1, 0.15) is 16.5 Å². The highest BCUT2D eigenvalue weighted by Gasteiger charge is 2.43. The molecule has 6 rings (SSSR count). The van der Waals surface area contributed by atoms with Crippen LogP contribution in [0.1, 0.15) is 73.4 Å². The average Bonchev–Trinajstić information content (AvgIpc) is 3.09. The summed E-state index contributed by atoms with van der Waals surface area (Å²) in [5.74, 6) is 3.32. The lowest BCUT2D eigenvalue weighted by atomic mass is 9.89. The molecular formula is C41H61BrClN3O5S5. The van der Waals surface area contributed by atoms with Gasteiger partial charge in [0.15, 0.2) is 0 Å². The van der Waals surface area contributed by atoms with Gasteiger partial charge in [0, 0.05) is 19.2 Å². The van der Waals surface area contributed by atoms with Crippen LogP contribution in [0.15, 0.2) is 96.4 Å². The molecule has 8 nitrogen and oxygen atoms in total. The number of nitrogens with zero attached hydrogens (tertiary/aromatic N) is 1. The number of nitrogens with two attached hydrogens (primary N) is 1. The van der Waals surface area contributed by atoms with Crippen LogP contribution in [0.25, 0.3) is 0 Å². The predicted octanol–water partition coefficient (Wildman–Crippen LogP) is 9.96. The maximum Gasteiger partial charge on any atom is 0.144 e. The monoisotopic (exact) mass is 949 g/mol. The fourth-order valence-corrected chi connectivity index (χ4v) is 8.45. The van der Waals surface area contributed by atoms with E-state index in [9.17, 15) is 8.42 Å². The highest BCUT2D eigenvalue weighted by atomic mass is 79.9. The van der Waals surface area contributed by atoms with E-state index in [1.807, 2.05) is 76.8 Å². The van der Waals surface area contributed by atoms with E-state index < -0.39 is 22.0 Å². The Labute approximate surface area is 368 Å². The van der Waals surface area contributed by atoms with Crippen molar-refractivity contribution in [2.24, 2.45) is 10.1 Å². The van der Waals surface area contributed by atoms with Gasteiger partial charge in [-0.2, -0.15) is 4.40 Å². The fourth-order valence-electron chi connectivity index (χ4n) is 4.69. The third-order valence-corrected chi connectivity index (χ3v) is 14.5. The molecule has 56 heavy (non-hydrogen) atoms. The zero-order valence-corrected chi connectivity index (χ0v) is 40.7. The molecule has 0 spiro atoms. The molecule has 3 saturated heterocycles. The molecule has 3 aromatic rings. The summed E-state index contributed by atoms with van der Waals surface area (Å²) in [7, 11) is -2.21. The molecule has 0 saturated carbocycles. The first-order valence-electron chi connectivity index (χ1n) is 18.5. The van der Waals surface area contributed by atoms with E-state index in [4.69, 9.17) is 19.9 Å². The van der Waals surface area contributed by atoms with Crippen LogP contribution in [-0.2, 0) is 47.3 Å². The van der Waals surface area contributed by atoms with Crippen molar-refractivity contribution in [3.63, 3.8) is 0 Å². The first-order valence-corrected chi connectivity index (χ1v) is 24.5. The molecule has 0 amide bonds. The Bertz CT molecular complexity index is 1670. The van der Waals surface area contributed by atoms with Crippen molar-refractivity contribution in [1.29, 1.82) is 0 Å². The summed E-state index contributed by atoms with van der Waals surface area (Å²) in [5.41, 5.74) is 8.85. The van der Waals surface area contributed by atoms with Crippen LogP contribution in [-0.4, -0.2) is 80.5 Å². The molecular weight excluding hydrogens is 890 g/mol. The van der Waals surface area contributed by atoms with Crippen LogP contribution in [0.3, 0.4) is 0 Å². The van der Waals surface area contributed by atoms with Crippen LogP contribution < -0.4 is 10.5 Å². The number of nitrogens with one attached hydrogen (secondary N) is 1. The van der Waals surface area contributed by atoms with Crippen molar-refractivity contribution in [3.05, 3.63) is 88.4 Å². The molecule has 3 aliphatic rings. The summed E-state index contributed by atoms with van der Waals surface area (Å²) in [6.45, 7) is 21.7. The standard InChI is InChI=1S/C15H23NO2S2.C11H15NOS.C8H9BrS.C7H13NO2S.ClH/c1-5-19-13-8-6-12(7-9-13)15(10-18-11-15)16-20(17)14(2,3)4;1-2-14-10-5-3-9(4-6-10)11(12)7-13-8-11;1-2-10-8-5-3-7(9)4-6-8;1-7(2,3)11(9)8-6-4-10-5-6;/h6-9,16H,5,10-11H2,1-4H3;3-6H,2,7-8,12H2,1H3;3-6H,2H2,1H3;4-5H2,1-3H3;1H. The number of halogens is 2. The van der Waals surface area contributed by atoms with Crippen molar-refractivity contribution in [1.82, 2.24) is 4.72 Å². The maximum atomic E-state index is 12.4. The largest absolute Gasteiger partial charge is 0.377 e. The quantitative estimate of drug-likeness (QED) is 0.182. The number of rotatable bonds is 11. The van der Waals surface area contributed by atoms with Gasteiger partial charge in [-0.3, -0.25) is 0 Å². The van der Waals surface area contributed by atoms with Gasteiger partial charge < -0.3 is 19.9 Å². The smallest absolute Gasteiger partial charge is 0.144 e. The van der Waals surface area contributed by atoms with Crippen molar-refractivity contribution < 1.29 is 22.6 Å². The Balaban J connectivity index is 0.000000266. The Kier molecular flexibility index (Phi) is 22.5. The predicted molar refractivity (Wildman–Crippen MR) is 250 cm³/mol. The second-order valence-electron chi connectivity index (χ2n) is 15.0. The molecule has 3 N–H and O–H groups in total. The highest BCUT2D eigenvalue weighted by Crippen LogP contribution is 2.33. The van der Waals surface area contributed by atoms with Gasteiger partial charge in [-0.25, -0.2) is 13.1 Å². The second-order valence-corrected chi connectivity index (χ2v) is 23.8. The van der Waals surface area contributed by atoms with Crippen LogP contribution in [0.2, 0.25) is 0 Å². The second kappa shape index (κ2) is 24.5. The van der Waals surface area contributed by atoms with Gasteiger partial charge in [0.05, 0.1) is 71.4 Å². The number of benzene rings is 3. The summed E-state index contributed by atoms with van der Waals surface area (Å²) in [6.07, 6.45) is 0. The zero-order valence-electron chi connectivity index (χ0n) is 34.2. The van der Waals surface area contributed by atoms with Gasteiger partial charge in [0.25, 0.3) is 0 Å². The molecule has 3 fully saturated rings. The normalized spacial score (nSPS) is 17.5. The van der Waals surface area contributed by atoms with Crippen molar-refractivity contribution in [2.75, 3.05) is 56.9 Å². The van der Waals surface area contributed by atoms with E-state index in [0.29, 0.717) is 39.6 Å². The van der Waals surface area contributed by atoms with E-state index in [0.717, 1.165) is 33.0 Å². The first-order chi connectivity index (χ1) is 25.9. The number of ether oxygens (including phenoxy) is 3. The number of hydrogen-bond acceptors (Lipinski definition) is 9. The lowest BCUT2D eigenvalue weighted by molar-refractivity contribution is -0.0659. The minimum absolute atomic E-state index is 0. The summed E-state index contributed by atoms with van der Waals surface area (Å²) < 4.78 is 47.0. The molecule has 3 aromatic carbocycles. The Morgan fingerprint density at radius 2 is 1.09 bits per heavy atom. The zero-order chi connectivity index (χ0) is 40.7. The Hall–Kier alpha value is -0.750. The van der Waals surface area contributed by atoms with E-state index >= 15 is 0 Å². The number of hydrogen-bond donors (Lipinski definition) is 2. The van der Waals surface area contributed by atoms with Crippen LogP contribution in [0, 0.1) is 0 Å². The SMILES string of the molecule is CC(C)(C)S(=O)N=C1COC1.CCSc1ccc(Br)cc1.CCSc1ccc(C2(N)COC2)cc1.CCSc1ccc(C2(NS(=O)C(C)(C)C)COC2)cc1.Cl. The van der Waals surface area contributed by atoms with Gasteiger partial charge in [-0.05, 0) is 118 Å². The Morgan fingerprint density at radius 3 is 1.39 bits per heavy atom.